The van der Waals surface area contributed by atoms with Gasteiger partial charge >= 0.3 is 6.03 Å². The van der Waals surface area contributed by atoms with Crippen LogP contribution in [0.15, 0.2) is 60.2 Å². The van der Waals surface area contributed by atoms with Gasteiger partial charge in [0.1, 0.15) is 0 Å². The van der Waals surface area contributed by atoms with Crippen molar-refractivity contribution in [3.8, 4) is 0 Å². The van der Waals surface area contributed by atoms with Crippen molar-refractivity contribution in [1.29, 1.82) is 0 Å². The number of amides is 2. The highest BCUT2D eigenvalue weighted by molar-refractivity contribution is 7.09. The highest BCUT2D eigenvalue weighted by Gasteiger charge is 2.15. The van der Waals surface area contributed by atoms with E-state index in [-0.39, 0.29) is 6.03 Å². The van der Waals surface area contributed by atoms with Crippen molar-refractivity contribution in [1.82, 2.24) is 9.88 Å². The molecule has 0 atom stereocenters. The van der Waals surface area contributed by atoms with Crippen molar-refractivity contribution in [2.24, 2.45) is 0 Å². The van der Waals surface area contributed by atoms with Gasteiger partial charge in [0.15, 0.2) is 0 Å². The lowest BCUT2D eigenvalue weighted by Gasteiger charge is -2.23. The molecule has 0 saturated heterocycles. The number of thiophene rings is 1. The van der Waals surface area contributed by atoms with Crippen molar-refractivity contribution < 1.29 is 4.79 Å². The molecule has 0 spiro atoms. The maximum Gasteiger partial charge on any atom is 0.322 e. The molecule has 3 rings (SSSR count). The zero-order chi connectivity index (χ0) is 18.4. The third-order valence-corrected chi connectivity index (χ3v) is 5.29. The number of hydrogen-bond acceptors (Lipinski definition) is 3. The van der Waals surface area contributed by atoms with Crippen LogP contribution < -0.4 is 5.32 Å². The Morgan fingerprint density at radius 3 is 2.73 bits per heavy atom. The summed E-state index contributed by atoms with van der Waals surface area (Å²) in [5.41, 5.74) is 4.23. The maximum absolute atomic E-state index is 12.9. The number of carbonyl (C=O) groups excluding carboxylic acids is 1. The van der Waals surface area contributed by atoms with Crippen LogP contribution in [0, 0.1) is 13.8 Å². The maximum atomic E-state index is 12.9. The number of anilines is 1. The lowest BCUT2D eigenvalue weighted by atomic mass is 10.1. The van der Waals surface area contributed by atoms with Gasteiger partial charge < -0.3 is 10.2 Å². The number of carbonyl (C=O) groups is 1. The molecule has 2 amide bonds. The summed E-state index contributed by atoms with van der Waals surface area (Å²) in [5.74, 6) is 0. The zero-order valence-electron chi connectivity index (χ0n) is 15.1. The van der Waals surface area contributed by atoms with E-state index < -0.39 is 0 Å². The summed E-state index contributed by atoms with van der Waals surface area (Å²) < 4.78 is 0. The topological polar surface area (TPSA) is 45.2 Å². The van der Waals surface area contributed by atoms with Crippen LogP contribution in [0.5, 0.6) is 0 Å². The molecule has 0 aliphatic carbocycles. The zero-order valence-corrected chi connectivity index (χ0v) is 15.9. The monoisotopic (exact) mass is 365 g/mol. The SMILES string of the molecule is Cc1ccc(NC(=O)N(CCc2cccs2)Cc2cccnc2)cc1C. The van der Waals surface area contributed by atoms with Gasteiger partial charge in [-0.3, -0.25) is 4.98 Å². The summed E-state index contributed by atoms with van der Waals surface area (Å²) >= 11 is 1.72. The largest absolute Gasteiger partial charge is 0.322 e. The van der Waals surface area contributed by atoms with E-state index >= 15 is 0 Å². The Morgan fingerprint density at radius 2 is 2.04 bits per heavy atom. The highest BCUT2D eigenvalue weighted by Crippen LogP contribution is 2.16. The van der Waals surface area contributed by atoms with E-state index in [0.717, 1.165) is 17.7 Å². The Bertz CT molecular complexity index is 847. The summed E-state index contributed by atoms with van der Waals surface area (Å²) in [7, 11) is 0. The first-order valence-corrected chi connectivity index (χ1v) is 9.54. The molecule has 2 aromatic heterocycles. The van der Waals surface area contributed by atoms with Gasteiger partial charge in [0, 0.05) is 36.0 Å². The number of rotatable bonds is 6. The van der Waals surface area contributed by atoms with Crippen LogP contribution in [0.25, 0.3) is 0 Å². The van der Waals surface area contributed by atoms with Crippen LogP contribution in [0.2, 0.25) is 0 Å². The van der Waals surface area contributed by atoms with Crippen LogP contribution in [0.1, 0.15) is 21.6 Å². The molecule has 5 heteroatoms. The van der Waals surface area contributed by atoms with E-state index in [1.807, 2.05) is 41.3 Å². The Balaban J connectivity index is 1.71. The van der Waals surface area contributed by atoms with Crippen molar-refractivity contribution >= 4 is 23.1 Å². The molecule has 4 nitrogen and oxygen atoms in total. The van der Waals surface area contributed by atoms with Crippen LogP contribution in [-0.4, -0.2) is 22.5 Å². The first-order valence-electron chi connectivity index (χ1n) is 8.66. The molecule has 0 aliphatic heterocycles. The second-order valence-corrected chi connectivity index (χ2v) is 7.37. The summed E-state index contributed by atoms with van der Waals surface area (Å²) in [6.07, 6.45) is 4.40. The number of benzene rings is 1. The standard InChI is InChI=1S/C21H23N3OS/c1-16-7-8-19(13-17(16)2)23-21(25)24(11-9-20-6-4-12-26-20)15-18-5-3-10-22-14-18/h3-8,10,12-14H,9,11,15H2,1-2H3,(H,23,25). The Hall–Kier alpha value is -2.66. The second-order valence-electron chi connectivity index (χ2n) is 6.34. The molecule has 134 valence electrons. The number of hydrogen-bond donors (Lipinski definition) is 1. The van der Waals surface area contributed by atoms with Gasteiger partial charge in [-0.25, -0.2) is 4.79 Å². The van der Waals surface area contributed by atoms with E-state index in [2.05, 4.69) is 35.6 Å². The Labute approximate surface area is 158 Å². The van der Waals surface area contributed by atoms with Crippen molar-refractivity contribution in [3.63, 3.8) is 0 Å². The van der Waals surface area contributed by atoms with Gasteiger partial charge in [-0.05, 0) is 66.6 Å². The molecule has 0 radical (unpaired) electrons. The molecule has 1 aromatic carbocycles. The molecular formula is C21H23N3OS. The first kappa shape index (κ1) is 18.1. The predicted octanol–water partition coefficient (Wildman–Crippen LogP) is 5.04. The van der Waals surface area contributed by atoms with Crippen molar-refractivity contribution in [2.75, 3.05) is 11.9 Å². The normalized spacial score (nSPS) is 10.5. The number of aryl methyl sites for hydroxylation is 2. The fourth-order valence-electron chi connectivity index (χ4n) is 2.69. The van der Waals surface area contributed by atoms with Gasteiger partial charge in [-0.15, -0.1) is 11.3 Å². The summed E-state index contributed by atoms with van der Waals surface area (Å²) in [4.78, 5) is 20.1. The van der Waals surface area contributed by atoms with Gasteiger partial charge in [0.05, 0.1) is 0 Å². The molecule has 0 fully saturated rings. The van der Waals surface area contributed by atoms with Crippen LogP contribution in [0.3, 0.4) is 0 Å². The van der Waals surface area contributed by atoms with Crippen molar-refractivity contribution in [2.45, 2.75) is 26.8 Å². The predicted molar refractivity (Wildman–Crippen MR) is 108 cm³/mol. The third kappa shape index (κ3) is 4.92. The fourth-order valence-corrected chi connectivity index (χ4v) is 3.38. The van der Waals surface area contributed by atoms with Crippen LogP contribution in [-0.2, 0) is 13.0 Å². The number of nitrogens with zero attached hydrogens (tertiary/aromatic N) is 2. The molecule has 26 heavy (non-hydrogen) atoms. The molecule has 2 heterocycles. The average Bonchev–Trinajstić information content (AvgIpc) is 3.16. The highest BCUT2D eigenvalue weighted by atomic mass is 32.1. The number of nitrogens with one attached hydrogen (secondary N) is 1. The quantitative estimate of drug-likeness (QED) is 0.665. The number of pyridine rings is 1. The molecule has 0 unspecified atom stereocenters. The van der Waals surface area contributed by atoms with Gasteiger partial charge in [-0.1, -0.05) is 18.2 Å². The minimum absolute atomic E-state index is 0.0892. The Morgan fingerprint density at radius 1 is 1.15 bits per heavy atom. The second kappa shape index (κ2) is 8.63. The van der Waals surface area contributed by atoms with E-state index in [1.165, 1.54) is 16.0 Å². The fraction of sp³-hybridized carbons (Fsp3) is 0.238. The summed E-state index contributed by atoms with van der Waals surface area (Å²) in [6, 6.07) is 13.9. The first-order chi connectivity index (χ1) is 12.6. The molecule has 1 N–H and O–H groups in total. The lowest BCUT2D eigenvalue weighted by molar-refractivity contribution is 0.210. The average molecular weight is 366 g/mol. The molecule has 0 saturated carbocycles. The van der Waals surface area contributed by atoms with E-state index in [0.29, 0.717) is 13.1 Å². The Kier molecular flexibility index (Phi) is 6.02. The van der Waals surface area contributed by atoms with Crippen molar-refractivity contribution in [3.05, 3.63) is 81.8 Å². The van der Waals surface area contributed by atoms with E-state index in [9.17, 15) is 4.79 Å². The molecular weight excluding hydrogens is 342 g/mol. The molecule has 3 aromatic rings. The molecule has 0 bridgehead atoms. The third-order valence-electron chi connectivity index (χ3n) is 4.35. The van der Waals surface area contributed by atoms with E-state index in [1.54, 1.807) is 23.7 Å². The van der Waals surface area contributed by atoms with Gasteiger partial charge in [-0.2, -0.15) is 0 Å². The van der Waals surface area contributed by atoms with Crippen LogP contribution >= 0.6 is 11.3 Å². The van der Waals surface area contributed by atoms with Gasteiger partial charge in [0.2, 0.25) is 0 Å². The van der Waals surface area contributed by atoms with Gasteiger partial charge in [0.25, 0.3) is 0 Å². The van der Waals surface area contributed by atoms with Crippen LogP contribution in [0.4, 0.5) is 10.5 Å². The number of aromatic nitrogens is 1. The molecule has 0 aliphatic rings. The number of urea groups is 1. The minimum atomic E-state index is -0.0892. The summed E-state index contributed by atoms with van der Waals surface area (Å²) in [6.45, 7) is 5.31. The smallest absolute Gasteiger partial charge is 0.320 e. The minimum Gasteiger partial charge on any atom is -0.320 e. The van der Waals surface area contributed by atoms with E-state index in [4.69, 9.17) is 0 Å². The summed E-state index contributed by atoms with van der Waals surface area (Å²) in [5, 5.41) is 5.10. The lowest BCUT2D eigenvalue weighted by Crippen LogP contribution is -2.36.